The van der Waals surface area contributed by atoms with Gasteiger partial charge in [-0.05, 0) is 42.9 Å². The molecule has 1 aromatic rings. The standard InChI is InChI=1S/C18H26O4/c1-13(2)8-10-21-17(19)15-6-5-7-16(12-15)18(20)22-11-9-14(3)4/h5-7,12-14H,8-11H2,1-4H3. The van der Waals surface area contributed by atoms with Gasteiger partial charge in [0, 0.05) is 0 Å². The maximum Gasteiger partial charge on any atom is 0.338 e. The Morgan fingerprint density at radius 2 is 1.27 bits per heavy atom. The molecule has 0 aliphatic carbocycles. The first-order chi connectivity index (χ1) is 10.4. The SMILES string of the molecule is CC(C)CCOC(=O)c1cccc(C(=O)OCCC(C)C)c1. The Kier molecular flexibility index (Phi) is 7.64. The molecule has 0 unspecified atom stereocenters. The topological polar surface area (TPSA) is 52.6 Å². The minimum atomic E-state index is -0.405. The van der Waals surface area contributed by atoms with Gasteiger partial charge in [0.15, 0.2) is 0 Å². The second-order valence-electron chi connectivity index (χ2n) is 6.22. The van der Waals surface area contributed by atoms with E-state index in [9.17, 15) is 9.59 Å². The lowest BCUT2D eigenvalue weighted by atomic mass is 10.1. The fourth-order valence-corrected chi connectivity index (χ4v) is 1.71. The van der Waals surface area contributed by atoms with E-state index in [0.717, 1.165) is 12.8 Å². The molecular formula is C18H26O4. The van der Waals surface area contributed by atoms with Crippen LogP contribution in [0, 0.1) is 11.8 Å². The summed E-state index contributed by atoms with van der Waals surface area (Å²) in [5.41, 5.74) is 0.754. The van der Waals surface area contributed by atoms with Crippen molar-refractivity contribution < 1.29 is 19.1 Å². The van der Waals surface area contributed by atoms with E-state index in [1.807, 2.05) is 0 Å². The summed E-state index contributed by atoms with van der Waals surface area (Å²) in [4.78, 5) is 23.9. The molecule has 0 heterocycles. The third-order valence-corrected chi connectivity index (χ3v) is 3.19. The van der Waals surface area contributed by atoms with Crippen molar-refractivity contribution in [3.63, 3.8) is 0 Å². The first-order valence-corrected chi connectivity index (χ1v) is 7.84. The van der Waals surface area contributed by atoms with E-state index < -0.39 is 11.9 Å². The summed E-state index contributed by atoms with van der Waals surface area (Å²) in [6, 6.07) is 6.47. The van der Waals surface area contributed by atoms with Gasteiger partial charge in [-0.1, -0.05) is 33.8 Å². The van der Waals surface area contributed by atoms with E-state index in [-0.39, 0.29) is 0 Å². The Bertz CT molecular complexity index is 450. The van der Waals surface area contributed by atoms with Gasteiger partial charge in [0.2, 0.25) is 0 Å². The number of benzene rings is 1. The molecule has 1 aromatic carbocycles. The van der Waals surface area contributed by atoms with E-state index >= 15 is 0 Å². The molecule has 0 saturated carbocycles. The van der Waals surface area contributed by atoms with Gasteiger partial charge >= 0.3 is 11.9 Å². The van der Waals surface area contributed by atoms with Crippen LogP contribution in [-0.2, 0) is 9.47 Å². The van der Waals surface area contributed by atoms with Gasteiger partial charge in [-0.15, -0.1) is 0 Å². The first kappa shape index (κ1) is 18.2. The van der Waals surface area contributed by atoms with Crippen LogP contribution in [0.25, 0.3) is 0 Å². The highest BCUT2D eigenvalue weighted by molar-refractivity contribution is 5.95. The van der Waals surface area contributed by atoms with Crippen LogP contribution in [-0.4, -0.2) is 25.2 Å². The highest BCUT2D eigenvalue weighted by atomic mass is 16.5. The van der Waals surface area contributed by atoms with Gasteiger partial charge in [-0.2, -0.15) is 0 Å². The smallest absolute Gasteiger partial charge is 0.338 e. The minimum absolute atomic E-state index is 0.377. The summed E-state index contributed by atoms with van der Waals surface area (Å²) in [6.45, 7) is 9.06. The molecule has 4 nitrogen and oxygen atoms in total. The predicted molar refractivity (Wildman–Crippen MR) is 85.9 cm³/mol. The molecule has 0 bridgehead atoms. The molecule has 0 radical (unpaired) electrons. The van der Waals surface area contributed by atoms with E-state index in [1.54, 1.807) is 18.2 Å². The molecule has 0 fully saturated rings. The van der Waals surface area contributed by atoms with Gasteiger partial charge in [-0.3, -0.25) is 0 Å². The number of hydrogen-bond donors (Lipinski definition) is 0. The van der Waals surface area contributed by atoms with Crippen LogP contribution in [0.2, 0.25) is 0 Å². The maximum absolute atomic E-state index is 11.9. The average molecular weight is 306 g/mol. The monoisotopic (exact) mass is 306 g/mol. The molecule has 0 amide bonds. The molecule has 0 aromatic heterocycles. The highest BCUT2D eigenvalue weighted by Crippen LogP contribution is 2.10. The van der Waals surface area contributed by atoms with E-state index in [4.69, 9.17) is 9.47 Å². The lowest BCUT2D eigenvalue weighted by molar-refractivity contribution is 0.0487. The van der Waals surface area contributed by atoms with Crippen LogP contribution in [0.15, 0.2) is 24.3 Å². The number of carbonyl (C=O) groups excluding carboxylic acids is 2. The molecule has 1 rings (SSSR count). The Labute approximate surface area is 132 Å². The Hall–Kier alpha value is -1.84. The van der Waals surface area contributed by atoms with Crippen molar-refractivity contribution in [2.45, 2.75) is 40.5 Å². The predicted octanol–water partition coefficient (Wildman–Crippen LogP) is 4.09. The Morgan fingerprint density at radius 3 is 1.64 bits per heavy atom. The van der Waals surface area contributed by atoms with Crippen LogP contribution in [0.3, 0.4) is 0 Å². The molecule has 0 spiro atoms. The van der Waals surface area contributed by atoms with E-state index in [0.29, 0.717) is 36.2 Å². The lowest BCUT2D eigenvalue weighted by Crippen LogP contribution is -2.11. The van der Waals surface area contributed by atoms with Crippen LogP contribution in [0.1, 0.15) is 61.3 Å². The molecule has 0 aliphatic heterocycles. The first-order valence-electron chi connectivity index (χ1n) is 7.84. The molecule has 122 valence electrons. The van der Waals surface area contributed by atoms with Crippen LogP contribution in [0.5, 0.6) is 0 Å². The fraction of sp³-hybridized carbons (Fsp3) is 0.556. The second-order valence-corrected chi connectivity index (χ2v) is 6.22. The number of esters is 2. The highest BCUT2D eigenvalue weighted by Gasteiger charge is 2.13. The van der Waals surface area contributed by atoms with E-state index in [1.165, 1.54) is 6.07 Å². The molecule has 0 aliphatic rings. The number of carbonyl (C=O) groups is 2. The summed E-state index contributed by atoms with van der Waals surface area (Å²) in [5.74, 6) is 0.153. The zero-order valence-electron chi connectivity index (χ0n) is 13.9. The zero-order chi connectivity index (χ0) is 16.5. The average Bonchev–Trinajstić information content (AvgIpc) is 2.46. The Morgan fingerprint density at radius 1 is 0.864 bits per heavy atom. The zero-order valence-corrected chi connectivity index (χ0v) is 13.9. The van der Waals surface area contributed by atoms with Crippen molar-refractivity contribution >= 4 is 11.9 Å². The molecule has 0 saturated heterocycles. The van der Waals surface area contributed by atoms with Gasteiger partial charge in [0.25, 0.3) is 0 Å². The Balaban J connectivity index is 2.57. The van der Waals surface area contributed by atoms with Crippen molar-refractivity contribution in [1.29, 1.82) is 0 Å². The quantitative estimate of drug-likeness (QED) is 0.679. The third-order valence-electron chi connectivity index (χ3n) is 3.19. The maximum atomic E-state index is 11.9. The molecular weight excluding hydrogens is 280 g/mol. The number of ether oxygens (including phenoxy) is 2. The van der Waals surface area contributed by atoms with Crippen molar-refractivity contribution in [1.82, 2.24) is 0 Å². The number of rotatable bonds is 8. The van der Waals surface area contributed by atoms with Crippen molar-refractivity contribution in [3.05, 3.63) is 35.4 Å². The van der Waals surface area contributed by atoms with Crippen LogP contribution in [0.4, 0.5) is 0 Å². The second kappa shape index (κ2) is 9.23. The van der Waals surface area contributed by atoms with Crippen LogP contribution < -0.4 is 0 Å². The summed E-state index contributed by atoms with van der Waals surface area (Å²) in [6.07, 6.45) is 1.64. The van der Waals surface area contributed by atoms with Crippen LogP contribution >= 0.6 is 0 Å². The molecule has 22 heavy (non-hydrogen) atoms. The lowest BCUT2D eigenvalue weighted by Gasteiger charge is -2.09. The molecule has 0 N–H and O–H groups in total. The van der Waals surface area contributed by atoms with Gasteiger partial charge in [0.05, 0.1) is 24.3 Å². The van der Waals surface area contributed by atoms with Crippen molar-refractivity contribution in [2.75, 3.05) is 13.2 Å². The molecule has 0 atom stereocenters. The summed E-state index contributed by atoms with van der Waals surface area (Å²) in [7, 11) is 0. The minimum Gasteiger partial charge on any atom is -0.462 e. The third kappa shape index (κ3) is 6.74. The van der Waals surface area contributed by atoms with Crippen molar-refractivity contribution in [3.8, 4) is 0 Å². The molecule has 4 heteroatoms. The number of hydrogen-bond acceptors (Lipinski definition) is 4. The summed E-state index contributed by atoms with van der Waals surface area (Å²) in [5, 5.41) is 0. The normalized spacial score (nSPS) is 10.8. The largest absolute Gasteiger partial charge is 0.462 e. The van der Waals surface area contributed by atoms with E-state index in [2.05, 4.69) is 27.7 Å². The van der Waals surface area contributed by atoms with Gasteiger partial charge in [0.1, 0.15) is 0 Å². The summed E-state index contributed by atoms with van der Waals surface area (Å²) < 4.78 is 10.4. The van der Waals surface area contributed by atoms with Gasteiger partial charge in [-0.25, -0.2) is 9.59 Å². The summed E-state index contributed by atoms with van der Waals surface area (Å²) >= 11 is 0. The van der Waals surface area contributed by atoms with Gasteiger partial charge < -0.3 is 9.47 Å². The fourth-order valence-electron chi connectivity index (χ4n) is 1.71. The van der Waals surface area contributed by atoms with Crippen molar-refractivity contribution in [2.24, 2.45) is 11.8 Å².